The lowest BCUT2D eigenvalue weighted by Gasteiger charge is -2.25. The molecule has 0 unspecified atom stereocenters. The maximum atomic E-state index is 13.4. The van der Waals surface area contributed by atoms with E-state index < -0.39 is 10.0 Å². The van der Waals surface area contributed by atoms with Gasteiger partial charge in [-0.25, -0.2) is 8.42 Å². The Hall–Kier alpha value is -2.38. The quantitative estimate of drug-likeness (QED) is 0.656. The Bertz CT molecular complexity index is 1040. The Labute approximate surface area is 185 Å². The molecule has 1 fully saturated rings. The van der Waals surface area contributed by atoms with Gasteiger partial charge in [-0.2, -0.15) is 4.31 Å². The first-order valence-electron chi connectivity index (χ1n) is 10.9. The number of ether oxygens (including phenoxy) is 1. The highest BCUT2D eigenvalue weighted by Crippen LogP contribution is 2.31. The summed E-state index contributed by atoms with van der Waals surface area (Å²) in [6, 6.07) is 10.6. The van der Waals surface area contributed by atoms with Gasteiger partial charge in [-0.3, -0.25) is 4.79 Å². The highest BCUT2D eigenvalue weighted by atomic mass is 32.2. The Kier molecular flexibility index (Phi) is 7.38. The van der Waals surface area contributed by atoms with E-state index in [1.54, 1.807) is 17.0 Å². The molecule has 3 rings (SSSR count). The maximum Gasteiger partial charge on any atom is 0.258 e. The van der Waals surface area contributed by atoms with Gasteiger partial charge in [0.1, 0.15) is 10.6 Å². The molecule has 1 aliphatic rings. The molecule has 0 aliphatic carbocycles. The average molecular weight is 445 g/mol. The van der Waals surface area contributed by atoms with Crippen molar-refractivity contribution in [2.24, 2.45) is 0 Å². The molecule has 2 aromatic carbocycles. The summed E-state index contributed by atoms with van der Waals surface area (Å²) in [5.41, 5.74) is 3.28. The summed E-state index contributed by atoms with van der Waals surface area (Å²) < 4.78 is 33.7. The third-order valence-electron chi connectivity index (χ3n) is 5.80. The summed E-state index contributed by atoms with van der Waals surface area (Å²) in [6.07, 6.45) is 3.75. The van der Waals surface area contributed by atoms with Crippen LogP contribution in [0.4, 0.5) is 5.69 Å². The first kappa shape index (κ1) is 23.3. The molecular formula is C24H32N2O4S. The number of hydrogen-bond donors (Lipinski definition) is 0. The SMILES string of the molecule is CCN(C(=O)c1ccc(OC)c(S(=O)(=O)N2CCCCCC2)c1)c1ccc(C)cc1C. The van der Waals surface area contributed by atoms with E-state index >= 15 is 0 Å². The van der Waals surface area contributed by atoms with Crippen molar-refractivity contribution in [1.29, 1.82) is 0 Å². The van der Waals surface area contributed by atoms with Crippen molar-refractivity contribution in [1.82, 2.24) is 4.31 Å². The van der Waals surface area contributed by atoms with Gasteiger partial charge < -0.3 is 9.64 Å². The van der Waals surface area contributed by atoms with Crippen molar-refractivity contribution in [3.63, 3.8) is 0 Å². The van der Waals surface area contributed by atoms with Gasteiger partial charge in [0.25, 0.3) is 5.91 Å². The first-order valence-corrected chi connectivity index (χ1v) is 12.3. The zero-order valence-electron chi connectivity index (χ0n) is 18.8. The minimum Gasteiger partial charge on any atom is -0.495 e. The van der Waals surface area contributed by atoms with Crippen LogP contribution < -0.4 is 9.64 Å². The molecule has 31 heavy (non-hydrogen) atoms. The molecule has 0 spiro atoms. The second-order valence-corrected chi connectivity index (χ2v) is 9.93. The molecule has 0 aromatic heterocycles. The fourth-order valence-electron chi connectivity index (χ4n) is 4.12. The van der Waals surface area contributed by atoms with Crippen molar-refractivity contribution < 1.29 is 17.9 Å². The van der Waals surface area contributed by atoms with E-state index in [4.69, 9.17) is 4.74 Å². The smallest absolute Gasteiger partial charge is 0.258 e. The molecule has 0 saturated carbocycles. The van der Waals surface area contributed by atoms with Gasteiger partial charge in [0, 0.05) is 30.9 Å². The van der Waals surface area contributed by atoms with Gasteiger partial charge in [-0.15, -0.1) is 0 Å². The minimum atomic E-state index is -3.76. The van der Waals surface area contributed by atoms with Gasteiger partial charge in [-0.1, -0.05) is 30.5 Å². The topological polar surface area (TPSA) is 66.9 Å². The van der Waals surface area contributed by atoms with E-state index in [9.17, 15) is 13.2 Å². The van der Waals surface area contributed by atoms with Crippen LogP contribution in [0.25, 0.3) is 0 Å². The van der Waals surface area contributed by atoms with Crippen LogP contribution in [0, 0.1) is 13.8 Å². The Balaban J connectivity index is 2.01. The lowest BCUT2D eigenvalue weighted by Crippen LogP contribution is -2.33. The number of sulfonamides is 1. The maximum absolute atomic E-state index is 13.4. The predicted octanol–water partition coefficient (Wildman–Crippen LogP) is 4.54. The second-order valence-electron chi connectivity index (χ2n) is 8.02. The largest absolute Gasteiger partial charge is 0.495 e. The van der Waals surface area contributed by atoms with Gasteiger partial charge >= 0.3 is 0 Å². The monoisotopic (exact) mass is 444 g/mol. The fourth-order valence-corrected chi connectivity index (χ4v) is 5.82. The standard InChI is InChI=1S/C24H32N2O4S/c1-5-26(21-12-10-18(2)16-19(21)3)24(27)20-11-13-22(30-4)23(17-20)31(28,29)25-14-8-6-7-9-15-25/h10-13,16-17H,5-9,14-15H2,1-4H3. The van der Waals surface area contributed by atoms with Crippen molar-refractivity contribution in [3.8, 4) is 5.75 Å². The van der Waals surface area contributed by atoms with Crippen LogP contribution >= 0.6 is 0 Å². The molecule has 6 nitrogen and oxygen atoms in total. The average Bonchev–Trinajstić information content (AvgIpc) is 3.05. The van der Waals surface area contributed by atoms with Gasteiger partial charge in [0.05, 0.1) is 7.11 Å². The number of amides is 1. The third kappa shape index (κ3) is 4.93. The summed E-state index contributed by atoms with van der Waals surface area (Å²) in [6.45, 7) is 7.36. The van der Waals surface area contributed by atoms with Crippen LogP contribution in [0.2, 0.25) is 0 Å². The number of methoxy groups -OCH3 is 1. The third-order valence-corrected chi connectivity index (χ3v) is 7.72. The molecule has 7 heteroatoms. The lowest BCUT2D eigenvalue weighted by molar-refractivity contribution is 0.0988. The zero-order valence-corrected chi connectivity index (χ0v) is 19.7. The zero-order chi connectivity index (χ0) is 22.6. The molecule has 1 aliphatic heterocycles. The van der Waals surface area contributed by atoms with Crippen molar-refractivity contribution in [2.45, 2.75) is 51.3 Å². The van der Waals surface area contributed by atoms with Crippen LogP contribution in [-0.4, -0.2) is 45.4 Å². The van der Waals surface area contributed by atoms with Gasteiger partial charge in [-0.05, 0) is 63.4 Å². The molecule has 2 aromatic rings. The van der Waals surface area contributed by atoms with Crippen LogP contribution in [0.5, 0.6) is 5.75 Å². The molecule has 168 valence electrons. The van der Waals surface area contributed by atoms with Crippen molar-refractivity contribution in [2.75, 3.05) is 31.6 Å². The highest BCUT2D eigenvalue weighted by molar-refractivity contribution is 7.89. The number of hydrogen-bond acceptors (Lipinski definition) is 4. The van der Waals surface area contributed by atoms with E-state index in [0.717, 1.165) is 42.5 Å². The van der Waals surface area contributed by atoms with Crippen LogP contribution in [-0.2, 0) is 10.0 Å². The minimum absolute atomic E-state index is 0.0550. The summed E-state index contributed by atoms with van der Waals surface area (Å²) in [7, 11) is -2.31. The number of carbonyl (C=O) groups excluding carboxylic acids is 1. The summed E-state index contributed by atoms with van der Waals surface area (Å²) in [4.78, 5) is 15.1. The van der Waals surface area contributed by atoms with E-state index in [1.165, 1.54) is 17.5 Å². The van der Waals surface area contributed by atoms with Gasteiger partial charge in [0.2, 0.25) is 10.0 Å². The molecule has 1 saturated heterocycles. The number of benzene rings is 2. The summed E-state index contributed by atoms with van der Waals surface area (Å²) in [5.74, 6) is 0.0276. The molecule has 0 radical (unpaired) electrons. The van der Waals surface area contributed by atoms with Crippen LogP contribution in [0.1, 0.15) is 54.1 Å². The fraction of sp³-hybridized carbons (Fsp3) is 0.458. The molecule has 1 heterocycles. The molecule has 0 N–H and O–H groups in total. The van der Waals surface area contributed by atoms with Crippen molar-refractivity contribution >= 4 is 21.6 Å². The van der Waals surface area contributed by atoms with Gasteiger partial charge in [0.15, 0.2) is 0 Å². The molecule has 1 amide bonds. The Morgan fingerprint density at radius 1 is 1.03 bits per heavy atom. The van der Waals surface area contributed by atoms with Crippen LogP contribution in [0.15, 0.2) is 41.3 Å². The summed E-state index contributed by atoms with van der Waals surface area (Å²) in [5, 5.41) is 0. The van der Waals surface area contributed by atoms with Crippen molar-refractivity contribution in [3.05, 3.63) is 53.1 Å². The first-order chi connectivity index (χ1) is 14.8. The lowest BCUT2D eigenvalue weighted by atomic mass is 10.1. The van der Waals surface area contributed by atoms with E-state index in [1.807, 2.05) is 39.0 Å². The normalized spacial score (nSPS) is 15.4. The Morgan fingerprint density at radius 3 is 2.29 bits per heavy atom. The van der Waals surface area contributed by atoms with E-state index in [-0.39, 0.29) is 16.6 Å². The molecule has 0 atom stereocenters. The van der Waals surface area contributed by atoms with Crippen LogP contribution in [0.3, 0.4) is 0 Å². The molecule has 0 bridgehead atoms. The number of nitrogens with zero attached hydrogens (tertiary/aromatic N) is 2. The molecular weight excluding hydrogens is 412 g/mol. The predicted molar refractivity (Wildman–Crippen MR) is 123 cm³/mol. The number of carbonyl (C=O) groups is 1. The number of anilines is 1. The number of rotatable bonds is 6. The summed E-state index contributed by atoms with van der Waals surface area (Å²) >= 11 is 0. The number of aryl methyl sites for hydroxylation is 2. The second kappa shape index (κ2) is 9.83. The Morgan fingerprint density at radius 2 is 1.71 bits per heavy atom. The van der Waals surface area contributed by atoms with E-state index in [2.05, 4.69) is 0 Å². The van der Waals surface area contributed by atoms with E-state index in [0.29, 0.717) is 25.2 Å². The highest BCUT2D eigenvalue weighted by Gasteiger charge is 2.30.